The van der Waals surface area contributed by atoms with Gasteiger partial charge in [0.15, 0.2) is 5.78 Å². The van der Waals surface area contributed by atoms with Crippen molar-refractivity contribution >= 4 is 11.4 Å². The van der Waals surface area contributed by atoms with Crippen molar-refractivity contribution in [2.24, 2.45) is 0 Å². The molecular formula is C12H10O. The van der Waals surface area contributed by atoms with Crippen LogP contribution >= 0.6 is 0 Å². The van der Waals surface area contributed by atoms with Gasteiger partial charge in [0.05, 0.1) is 0 Å². The number of ketones is 1. The monoisotopic (exact) mass is 170 g/mol. The average Bonchev–Trinajstić information content (AvgIpc) is 2.19. The standard InChI is InChI=1S/C12H10O/c1-2-9-7-8-12(13)11-6-4-3-5-10(9)11/h2-8H,1H3/b9-2+. The van der Waals surface area contributed by atoms with Crippen LogP contribution in [-0.2, 0) is 0 Å². The Morgan fingerprint density at radius 1 is 1.08 bits per heavy atom. The van der Waals surface area contributed by atoms with E-state index in [-0.39, 0.29) is 5.78 Å². The topological polar surface area (TPSA) is 17.1 Å². The summed E-state index contributed by atoms with van der Waals surface area (Å²) in [6.45, 7) is 1.98. The number of carbonyl (C=O) groups excluding carboxylic acids is 1. The van der Waals surface area contributed by atoms with Gasteiger partial charge >= 0.3 is 0 Å². The van der Waals surface area contributed by atoms with E-state index >= 15 is 0 Å². The molecule has 0 spiro atoms. The fraction of sp³-hybridized carbons (Fsp3) is 0.0833. The van der Waals surface area contributed by atoms with Crippen LogP contribution in [-0.4, -0.2) is 5.78 Å². The van der Waals surface area contributed by atoms with Crippen molar-refractivity contribution < 1.29 is 4.79 Å². The lowest BCUT2D eigenvalue weighted by atomic mass is 9.92. The summed E-state index contributed by atoms with van der Waals surface area (Å²) in [5.74, 6) is 0.0983. The molecule has 0 fully saturated rings. The molecule has 0 amide bonds. The summed E-state index contributed by atoms with van der Waals surface area (Å²) in [5.41, 5.74) is 2.96. The molecule has 64 valence electrons. The lowest BCUT2D eigenvalue weighted by Crippen LogP contribution is -2.03. The van der Waals surface area contributed by atoms with Crippen LogP contribution in [0, 0.1) is 0 Å². The minimum atomic E-state index is 0.0983. The van der Waals surface area contributed by atoms with Gasteiger partial charge < -0.3 is 0 Å². The van der Waals surface area contributed by atoms with Gasteiger partial charge in [0.25, 0.3) is 0 Å². The molecule has 0 bridgehead atoms. The molecule has 0 atom stereocenters. The fourth-order valence-electron chi connectivity index (χ4n) is 1.55. The predicted molar refractivity (Wildman–Crippen MR) is 53.6 cm³/mol. The van der Waals surface area contributed by atoms with E-state index in [1.165, 1.54) is 0 Å². The van der Waals surface area contributed by atoms with Gasteiger partial charge in [-0.1, -0.05) is 36.4 Å². The summed E-state index contributed by atoms with van der Waals surface area (Å²) >= 11 is 0. The minimum absolute atomic E-state index is 0.0983. The van der Waals surface area contributed by atoms with E-state index in [0.29, 0.717) is 0 Å². The van der Waals surface area contributed by atoms with E-state index in [0.717, 1.165) is 16.7 Å². The van der Waals surface area contributed by atoms with Crippen molar-refractivity contribution in [3.05, 3.63) is 53.6 Å². The molecule has 2 rings (SSSR count). The summed E-state index contributed by atoms with van der Waals surface area (Å²) in [6, 6.07) is 7.69. The molecule has 1 aromatic carbocycles. The van der Waals surface area contributed by atoms with Gasteiger partial charge in [-0.2, -0.15) is 0 Å². The molecule has 1 nitrogen and oxygen atoms in total. The maximum Gasteiger partial charge on any atom is 0.186 e. The van der Waals surface area contributed by atoms with Crippen LogP contribution in [0.5, 0.6) is 0 Å². The maximum atomic E-state index is 11.4. The number of hydrogen-bond acceptors (Lipinski definition) is 1. The molecule has 1 aliphatic rings. The van der Waals surface area contributed by atoms with E-state index in [1.54, 1.807) is 6.08 Å². The Kier molecular flexibility index (Phi) is 1.85. The third kappa shape index (κ3) is 1.22. The first-order chi connectivity index (χ1) is 6.33. The Bertz CT molecular complexity index is 411. The molecule has 0 saturated heterocycles. The van der Waals surface area contributed by atoms with Crippen LogP contribution < -0.4 is 0 Å². The van der Waals surface area contributed by atoms with Crippen LogP contribution in [0.3, 0.4) is 0 Å². The average molecular weight is 170 g/mol. The van der Waals surface area contributed by atoms with Crippen molar-refractivity contribution in [2.45, 2.75) is 6.92 Å². The summed E-state index contributed by atoms with van der Waals surface area (Å²) in [6.07, 6.45) is 5.50. The van der Waals surface area contributed by atoms with Crippen molar-refractivity contribution in [1.29, 1.82) is 0 Å². The first-order valence-electron chi connectivity index (χ1n) is 4.31. The van der Waals surface area contributed by atoms with E-state index in [4.69, 9.17) is 0 Å². The quantitative estimate of drug-likeness (QED) is 0.585. The third-order valence-corrected chi connectivity index (χ3v) is 2.23. The zero-order chi connectivity index (χ0) is 9.26. The number of carbonyl (C=O) groups is 1. The van der Waals surface area contributed by atoms with Gasteiger partial charge in [-0.3, -0.25) is 4.79 Å². The molecule has 0 radical (unpaired) electrons. The highest BCUT2D eigenvalue weighted by Crippen LogP contribution is 2.25. The molecule has 0 unspecified atom stereocenters. The Balaban J connectivity index is 2.68. The smallest absolute Gasteiger partial charge is 0.186 e. The predicted octanol–water partition coefficient (Wildman–Crippen LogP) is 2.84. The summed E-state index contributed by atoms with van der Waals surface area (Å²) in [5, 5.41) is 0. The zero-order valence-electron chi connectivity index (χ0n) is 7.45. The molecule has 0 N–H and O–H groups in total. The largest absolute Gasteiger partial charge is 0.289 e. The van der Waals surface area contributed by atoms with Gasteiger partial charge in [0.1, 0.15) is 0 Å². The van der Waals surface area contributed by atoms with Crippen molar-refractivity contribution in [2.75, 3.05) is 0 Å². The Morgan fingerprint density at radius 3 is 2.46 bits per heavy atom. The third-order valence-electron chi connectivity index (χ3n) is 2.23. The first kappa shape index (κ1) is 7.99. The van der Waals surface area contributed by atoms with E-state index in [1.807, 2.05) is 43.3 Å². The molecule has 0 aliphatic heterocycles. The van der Waals surface area contributed by atoms with Gasteiger partial charge in [0.2, 0.25) is 0 Å². The molecule has 0 saturated carbocycles. The SMILES string of the molecule is C/C=C1\C=CC(=O)c2ccccc21. The Labute approximate surface area is 77.4 Å². The molecule has 0 aromatic heterocycles. The fourth-order valence-corrected chi connectivity index (χ4v) is 1.55. The number of fused-ring (bicyclic) bond motifs is 1. The second-order valence-corrected chi connectivity index (χ2v) is 2.99. The van der Waals surface area contributed by atoms with Crippen molar-refractivity contribution in [3.8, 4) is 0 Å². The highest BCUT2D eigenvalue weighted by Gasteiger charge is 2.13. The Hall–Kier alpha value is -1.63. The van der Waals surface area contributed by atoms with Crippen LogP contribution in [0.1, 0.15) is 22.8 Å². The van der Waals surface area contributed by atoms with Gasteiger partial charge in [-0.15, -0.1) is 0 Å². The summed E-state index contributed by atoms with van der Waals surface area (Å²) in [7, 11) is 0. The van der Waals surface area contributed by atoms with Gasteiger partial charge in [0, 0.05) is 5.56 Å². The molecule has 1 aliphatic carbocycles. The molecule has 1 heteroatoms. The van der Waals surface area contributed by atoms with Gasteiger partial charge in [-0.05, 0) is 24.1 Å². The maximum absolute atomic E-state index is 11.4. The lowest BCUT2D eigenvalue weighted by molar-refractivity contribution is 0.104. The zero-order valence-corrected chi connectivity index (χ0v) is 7.45. The second kappa shape index (κ2) is 3.02. The van der Waals surface area contributed by atoms with Crippen molar-refractivity contribution in [3.63, 3.8) is 0 Å². The van der Waals surface area contributed by atoms with E-state index in [2.05, 4.69) is 0 Å². The van der Waals surface area contributed by atoms with Crippen LogP contribution in [0.25, 0.3) is 5.57 Å². The highest BCUT2D eigenvalue weighted by molar-refractivity contribution is 6.12. The molecule has 0 heterocycles. The van der Waals surface area contributed by atoms with E-state index in [9.17, 15) is 4.79 Å². The number of benzene rings is 1. The number of hydrogen-bond donors (Lipinski definition) is 0. The minimum Gasteiger partial charge on any atom is -0.289 e. The lowest BCUT2D eigenvalue weighted by Gasteiger charge is -2.11. The summed E-state index contributed by atoms with van der Waals surface area (Å²) in [4.78, 5) is 11.4. The second-order valence-electron chi connectivity index (χ2n) is 2.99. The van der Waals surface area contributed by atoms with Crippen LogP contribution in [0.2, 0.25) is 0 Å². The van der Waals surface area contributed by atoms with Crippen molar-refractivity contribution in [1.82, 2.24) is 0 Å². The molecular weight excluding hydrogens is 160 g/mol. The number of rotatable bonds is 0. The van der Waals surface area contributed by atoms with Crippen LogP contribution in [0.15, 0.2) is 42.5 Å². The molecule has 1 aromatic rings. The van der Waals surface area contributed by atoms with Crippen LogP contribution in [0.4, 0.5) is 0 Å². The number of allylic oxidation sites excluding steroid dienone is 4. The molecule has 13 heavy (non-hydrogen) atoms. The van der Waals surface area contributed by atoms with Gasteiger partial charge in [-0.25, -0.2) is 0 Å². The summed E-state index contributed by atoms with van der Waals surface area (Å²) < 4.78 is 0. The Morgan fingerprint density at radius 2 is 1.77 bits per heavy atom. The first-order valence-corrected chi connectivity index (χ1v) is 4.31. The highest BCUT2D eigenvalue weighted by atomic mass is 16.1. The normalized spacial score (nSPS) is 17.6. The van der Waals surface area contributed by atoms with E-state index < -0.39 is 0 Å².